The van der Waals surface area contributed by atoms with Crippen molar-refractivity contribution in [3.63, 3.8) is 0 Å². The highest BCUT2D eigenvalue weighted by Gasteiger charge is 2.21. The first kappa shape index (κ1) is 12.3. The van der Waals surface area contributed by atoms with Gasteiger partial charge in [0, 0.05) is 16.7 Å². The van der Waals surface area contributed by atoms with Gasteiger partial charge in [-0.15, -0.1) is 0 Å². The number of aromatic nitrogens is 4. The second-order valence-electron chi connectivity index (χ2n) is 4.80. The van der Waals surface area contributed by atoms with Crippen LogP contribution in [0.3, 0.4) is 0 Å². The molecule has 0 unspecified atom stereocenters. The van der Waals surface area contributed by atoms with Crippen LogP contribution in [0.4, 0.5) is 0 Å². The summed E-state index contributed by atoms with van der Waals surface area (Å²) in [6, 6.07) is 18.5. The standard InChI is InChI=1S/C16H9N5O/c17-10-12-15(11-6-2-1-3-7-11)18-20-13-8-4-5-9-14(13)21(22)19-16(12)20/h1-9H. The van der Waals surface area contributed by atoms with Crippen LogP contribution in [-0.4, -0.2) is 14.7 Å². The third kappa shape index (κ3) is 1.63. The molecule has 0 radical (unpaired) electrons. The van der Waals surface area contributed by atoms with Crippen LogP contribution in [0.25, 0.3) is 27.9 Å². The molecule has 0 aliphatic rings. The minimum Gasteiger partial charge on any atom is -0.594 e. The zero-order chi connectivity index (χ0) is 15.1. The van der Waals surface area contributed by atoms with Crippen molar-refractivity contribution in [2.45, 2.75) is 0 Å². The highest BCUT2D eigenvalue weighted by atomic mass is 16.5. The summed E-state index contributed by atoms with van der Waals surface area (Å²) >= 11 is 0. The molecule has 0 aliphatic heterocycles. The van der Waals surface area contributed by atoms with E-state index in [2.05, 4.69) is 16.3 Å². The SMILES string of the molecule is N#Cc1c(-c2ccccc2)nn2c1n[n+]([O-])c1ccccc12. The molecule has 2 heterocycles. The lowest BCUT2D eigenvalue weighted by Gasteiger charge is -2.00. The predicted octanol–water partition coefficient (Wildman–Crippen LogP) is 2.05. The summed E-state index contributed by atoms with van der Waals surface area (Å²) in [5.41, 5.74) is 2.90. The van der Waals surface area contributed by atoms with Crippen molar-refractivity contribution in [1.29, 1.82) is 5.26 Å². The van der Waals surface area contributed by atoms with Gasteiger partial charge in [0.15, 0.2) is 0 Å². The van der Waals surface area contributed by atoms with E-state index < -0.39 is 0 Å². The molecule has 0 saturated carbocycles. The van der Waals surface area contributed by atoms with E-state index in [1.54, 1.807) is 22.7 Å². The minimum absolute atomic E-state index is 0.259. The van der Waals surface area contributed by atoms with Crippen LogP contribution >= 0.6 is 0 Å². The van der Waals surface area contributed by atoms with Gasteiger partial charge in [-0.25, -0.2) is 4.52 Å². The van der Waals surface area contributed by atoms with Crippen molar-refractivity contribution in [2.24, 2.45) is 0 Å². The number of hydrogen-bond acceptors (Lipinski definition) is 4. The van der Waals surface area contributed by atoms with E-state index in [0.29, 0.717) is 27.1 Å². The van der Waals surface area contributed by atoms with Gasteiger partial charge >= 0.3 is 0 Å². The number of rotatable bonds is 1. The lowest BCUT2D eigenvalue weighted by Crippen LogP contribution is -2.33. The zero-order valence-electron chi connectivity index (χ0n) is 11.3. The highest BCUT2D eigenvalue weighted by molar-refractivity contribution is 5.80. The third-order valence-corrected chi connectivity index (χ3v) is 3.52. The van der Waals surface area contributed by atoms with Gasteiger partial charge < -0.3 is 5.21 Å². The molecular formula is C16H9N5O. The van der Waals surface area contributed by atoms with Crippen molar-refractivity contribution in [3.05, 3.63) is 65.4 Å². The molecule has 22 heavy (non-hydrogen) atoms. The molecule has 6 heteroatoms. The number of benzene rings is 2. The van der Waals surface area contributed by atoms with Gasteiger partial charge in [0.05, 0.1) is 0 Å². The number of fused-ring (bicyclic) bond motifs is 3. The van der Waals surface area contributed by atoms with Crippen LogP contribution < -0.4 is 4.85 Å². The van der Waals surface area contributed by atoms with Gasteiger partial charge in [-0.3, -0.25) is 0 Å². The van der Waals surface area contributed by atoms with Gasteiger partial charge in [-0.05, 0) is 10.9 Å². The van der Waals surface area contributed by atoms with Crippen LogP contribution in [0.2, 0.25) is 0 Å². The van der Waals surface area contributed by atoms with Gasteiger partial charge in [-0.1, -0.05) is 42.5 Å². The third-order valence-electron chi connectivity index (χ3n) is 3.52. The average Bonchev–Trinajstić information content (AvgIpc) is 2.94. The van der Waals surface area contributed by atoms with E-state index in [9.17, 15) is 10.5 Å². The van der Waals surface area contributed by atoms with Crippen LogP contribution in [0.1, 0.15) is 5.56 Å². The summed E-state index contributed by atoms with van der Waals surface area (Å²) in [6.07, 6.45) is 0. The molecule has 2 aromatic heterocycles. The molecule has 0 saturated heterocycles. The van der Waals surface area contributed by atoms with Crippen LogP contribution in [0, 0.1) is 16.5 Å². The van der Waals surface area contributed by atoms with E-state index in [0.717, 1.165) is 5.56 Å². The first-order valence-electron chi connectivity index (χ1n) is 6.66. The normalized spacial score (nSPS) is 10.9. The second kappa shape index (κ2) is 4.53. The smallest absolute Gasteiger partial charge is 0.270 e. The first-order valence-corrected chi connectivity index (χ1v) is 6.66. The molecule has 0 N–H and O–H groups in total. The van der Waals surface area contributed by atoms with Crippen molar-refractivity contribution >= 4 is 16.7 Å². The summed E-state index contributed by atoms with van der Waals surface area (Å²) in [6.45, 7) is 0. The molecule has 0 spiro atoms. The van der Waals surface area contributed by atoms with E-state index in [1.807, 2.05) is 36.4 Å². The predicted molar refractivity (Wildman–Crippen MR) is 79.6 cm³/mol. The van der Waals surface area contributed by atoms with E-state index in [-0.39, 0.29) is 5.65 Å². The fraction of sp³-hybridized carbons (Fsp3) is 0. The maximum absolute atomic E-state index is 12.1. The Hall–Kier alpha value is -3.46. The van der Waals surface area contributed by atoms with Crippen LogP contribution in [0.15, 0.2) is 54.6 Å². The lowest BCUT2D eigenvalue weighted by atomic mass is 10.1. The quantitative estimate of drug-likeness (QED) is 0.396. The van der Waals surface area contributed by atoms with Gasteiger partial charge in [-0.2, -0.15) is 10.4 Å². The van der Waals surface area contributed by atoms with Crippen LogP contribution in [0.5, 0.6) is 0 Å². The Morgan fingerprint density at radius 3 is 2.55 bits per heavy atom. The monoisotopic (exact) mass is 287 g/mol. The fourth-order valence-corrected chi connectivity index (χ4v) is 2.52. The molecule has 6 nitrogen and oxygen atoms in total. The maximum Gasteiger partial charge on any atom is 0.270 e. The summed E-state index contributed by atoms with van der Waals surface area (Å²) in [5.74, 6) is 0. The average molecular weight is 287 g/mol. The number of nitrogens with zero attached hydrogens (tertiary/aromatic N) is 5. The molecule has 0 atom stereocenters. The molecule has 0 fully saturated rings. The van der Waals surface area contributed by atoms with Gasteiger partial charge in [0.1, 0.15) is 22.8 Å². The Bertz CT molecular complexity index is 1050. The van der Waals surface area contributed by atoms with Crippen molar-refractivity contribution in [2.75, 3.05) is 0 Å². The molecule has 104 valence electrons. The van der Waals surface area contributed by atoms with Gasteiger partial charge in [0.25, 0.3) is 5.52 Å². The molecule has 0 bridgehead atoms. The topological polar surface area (TPSA) is 80.9 Å². The van der Waals surface area contributed by atoms with Gasteiger partial charge in [0.2, 0.25) is 5.65 Å². The molecule has 0 aliphatic carbocycles. The molecule has 0 amide bonds. The first-order chi connectivity index (χ1) is 10.8. The molecule has 2 aromatic carbocycles. The Kier molecular flexibility index (Phi) is 2.53. The largest absolute Gasteiger partial charge is 0.594 e. The van der Waals surface area contributed by atoms with E-state index in [4.69, 9.17) is 0 Å². The van der Waals surface area contributed by atoms with Crippen molar-refractivity contribution < 1.29 is 4.85 Å². The van der Waals surface area contributed by atoms with Crippen LogP contribution in [-0.2, 0) is 0 Å². The second-order valence-corrected chi connectivity index (χ2v) is 4.80. The molecule has 4 aromatic rings. The zero-order valence-corrected chi connectivity index (χ0v) is 11.3. The molecule has 4 rings (SSSR count). The summed E-state index contributed by atoms with van der Waals surface area (Å²) in [4.78, 5) is 0.530. The minimum atomic E-state index is 0.259. The number of nitriles is 1. The molecular weight excluding hydrogens is 278 g/mol. The Morgan fingerprint density at radius 2 is 1.77 bits per heavy atom. The summed E-state index contributed by atoms with van der Waals surface area (Å²) in [7, 11) is 0. The number of hydrogen-bond donors (Lipinski definition) is 0. The highest BCUT2D eigenvalue weighted by Crippen LogP contribution is 2.25. The van der Waals surface area contributed by atoms with E-state index >= 15 is 0 Å². The van der Waals surface area contributed by atoms with Crippen molar-refractivity contribution in [1.82, 2.24) is 14.7 Å². The Morgan fingerprint density at radius 1 is 1.05 bits per heavy atom. The summed E-state index contributed by atoms with van der Waals surface area (Å²) in [5, 5.41) is 30.0. The number of para-hydroxylation sites is 2. The Balaban J connectivity index is 2.17. The lowest BCUT2D eigenvalue weighted by molar-refractivity contribution is -0.640. The van der Waals surface area contributed by atoms with Crippen molar-refractivity contribution in [3.8, 4) is 17.3 Å². The summed E-state index contributed by atoms with van der Waals surface area (Å²) < 4.78 is 1.55. The fourth-order valence-electron chi connectivity index (χ4n) is 2.52. The van der Waals surface area contributed by atoms with E-state index in [1.165, 1.54) is 0 Å². The Labute approximate surface area is 125 Å². The maximum atomic E-state index is 12.1.